The van der Waals surface area contributed by atoms with Gasteiger partial charge in [-0.3, -0.25) is 9.59 Å². The van der Waals surface area contributed by atoms with Crippen LogP contribution >= 0.6 is 23.2 Å². The van der Waals surface area contributed by atoms with Crippen molar-refractivity contribution >= 4 is 40.7 Å². The van der Waals surface area contributed by atoms with Gasteiger partial charge >= 0.3 is 0 Å². The quantitative estimate of drug-likeness (QED) is 0.343. The van der Waals surface area contributed by atoms with E-state index in [1.807, 2.05) is 13.8 Å². The number of nitrogens with zero attached hydrogens (tertiary/aromatic N) is 1. The Morgan fingerprint density at radius 2 is 1.81 bits per heavy atom. The number of phenolic OH excluding ortho intramolecular Hbond substituents is 1. The molecule has 2 aromatic rings. The number of Topliss-reactive ketones (excluding diaryl/α,β-unsaturated/α-hetero) is 1. The number of ketones is 1. The van der Waals surface area contributed by atoms with Crippen LogP contribution < -0.4 is 4.74 Å². The minimum Gasteiger partial charge on any atom is -0.508 e. The van der Waals surface area contributed by atoms with Gasteiger partial charge in [0, 0.05) is 11.6 Å². The van der Waals surface area contributed by atoms with Crippen molar-refractivity contribution in [2.45, 2.75) is 26.0 Å². The minimum atomic E-state index is -0.908. The van der Waals surface area contributed by atoms with Gasteiger partial charge in [0.15, 0.2) is 0 Å². The number of aliphatic hydroxyl groups excluding tert-OH is 1. The number of aromatic hydroxyl groups is 1. The Balaban J connectivity index is 2.18. The molecule has 1 saturated heterocycles. The Morgan fingerprint density at radius 3 is 2.41 bits per heavy atom. The highest BCUT2D eigenvalue weighted by molar-refractivity contribution is 6.46. The third-order valence-corrected chi connectivity index (χ3v) is 5.50. The van der Waals surface area contributed by atoms with E-state index in [1.54, 1.807) is 12.1 Å². The zero-order chi connectivity index (χ0) is 23.6. The van der Waals surface area contributed by atoms with E-state index < -0.39 is 23.5 Å². The lowest BCUT2D eigenvalue weighted by atomic mass is 9.95. The molecule has 0 saturated carbocycles. The van der Waals surface area contributed by atoms with Crippen molar-refractivity contribution in [1.82, 2.24) is 4.90 Å². The van der Waals surface area contributed by atoms with E-state index in [-0.39, 0.29) is 51.9 Å². The molecule has 2 aromatic carbocycles. The van der Waals surface area contributed by atoms with Crippen molar-refractivity contribution in [1.29, 1.82) is 0 Å². The number of amides is 1. The zero-order valence-electron chi connectivity index (χ0n) is 17.8. The van der Waals surface area contributed by atoms with E-state index >= 15 is 0 Å². The van der Waals surface area contributed by atoms with Crippen LogP contribution in [0.15, 0.2) is 42.0 Å². The number of benzene rings is 2. The summed E-state index contributed by atoms with van der Waals surface area (Å²) in [6.45, 7) is 4.05. The van der Waals surface area contributed by atoms with Gasteiger partial charge in [0.2, 0.25) is 0 Å². The molecule has 1 atom stereocenters. The van der Waals surface area contributed by atoms with Crippen LogP contribution in [-0.2, 0) is 14.3 Å². The van der Waals surface area contributed by atoms with Crippen LogP contribution in [0.3, 0.4) is 0 Å². The molecule has 9 heteroatoms. The summed E-state index contributed by atoms with van der Waals surface area (Å²) in [4.78, 5) is 27.3. The molecule has 0 aromatic heterocycles. The molecular formula is C23H23Cl2NO6. The molecule has 1 aliphatic rings. The zero-order valence-corrected chi connectivity index (χ0v) is 19.3. The van der Waals surface area contributed by atoms with E-state index in [0.29, 0.717) is 5.56 Å². The maximum Gasteiger partial charge on any atom is 0.295 e. The van der Waals surface area contributed by atoms with Crippen LogP contribution in [0.5, 0.6) is 11.5 Å². The van der Waals surface area contributed by atoms with Gasteiger partial charge in [-0.05, 0) is 43.7 Å². The predicted molar refractivity (Wildman–Crippen MR) is 121 cm³/mol. The lowest BCUT2D eigenvalue weighted by Gasteiger charge is -2.26. The largest absolute Gasteiger partial charge is 0.508 e. The number of phenols is 1. The smallest absolute Gasteiger partial charge is 0.295 e. The molecule has 2 N–H and O–H groups in total. The monoisotopic (exact) mass is 479 g/mol. The number of ether oxygens (including phenoxy) is 2. The molecule has 0 spiro atoms. The van der Waals surface area contributed by atoms with Gasteiger partial charge in [-0.15, -0.1) is 0 Å². The summed E-state index contributed by atoms with van der Waals surface area (Å²) in [5.41, 5.74) is 0.479. The van der Waals surface area contributed by atoms with Crippen LogP contribution in [0.25, 0.3) is 5.76 Å². The number of halogens is 2. The highest BCUT2D eigenvalue weighted by Gasteiger charge is 2.46. The predicted octanol–water partition coefficient (Wildman–Crippen LogP) is 4.55. The number of methoxy groups -OCH3 is 1. The fraction of sp³-hybridized carbons (Fsp3) is 0.304. The van der Waals surface area contributed by atoms with E-state index in [9.17, 15) is 19.8 Å². The van der Waals surface area contributed by atoms with Crippen molar-refractivity contribution < 1.29 is 29.3 Å². The number of hydrogen-bond donors (Lipinski definition) is 2. The van der Waals surface area contributed by atoms with Crippen molar-refractivity contribution in [2.75, 3.05) is 20.3 Å². The number of rotatable bonds is 7. The molecule has 7 nitrogen and oxygen atoms in total. The lowest BCUT2D eigenvalue weighted by molar-refractivity contribution is -0.140. The highest BCUT2D eigenvalue weighted by Crippen LogP contribution is 2.43. The normalized spacial score (nSPS) is 17.9. The standard InChI is InChI=1S/C23H23Cl2NO6/c1-12(2)32-9-8-26-19(13-4-6-15(27)7-5-13)18(21(29)23(26)30)20(28)16-10-14(24)11-17(25)22(16)31-3/h4-7,10-12,19,27-28H,8-9H2,1-3H3/b20-18+. The summed E-state index contributed by atoms with van der Waals surface area (Å²) < 4.78 is 10.9. The van der Waals surface area contributed by atoms with Crippen molar-refractivity contribution in [2.24, 2.45) is 0 Å². The number of aliphatic hydroxyl groups is 1. The molecule has 1 aliphatic heterocycles. The summed E-state index contributed by atoms with van der Waals surface area (Å²) in [5, 5.41) is 21.2. The SMILES string of the molecule is COc1c(Cl)cc(Cl)cc1/C(O)=C1\C(=O)C(=O)N(CCOC(C)C)C1c1ccc(O)cc1. The number of carbonyl (C=O) groups excluding carboxylic acids is 2. The fourth-order valence-electron chi connectivity index (χ4n) is 3.59. The van der Waals surface area contributed by atoms with E-state index in [1.165, 1.54) is 36.3 Å². The van der Waals surface area contributed by atoms with E-state index in [4.69, 9.17) is 32.7 Å². The average molecular weight is 480 g/mol. The molecule has 0 aliphatic carbocycles. The Kier molecular flexibility index (Phi) is 7.33. The number of hydrogen-bond acceptors (Lipinski definition) is 6. The summed E-state index contributed by atoms with van der Waals surface area (Å²) in [6.07, 6.45) is -0.0585. The second-order valence-corrected chi connectivity index (χ2v) is 8.32. The van der Waals surface area contributed by atoms with Crippen LogP contribution in [0, 0.1) is 0 Å². The average Bonchev–Trinajstić information content (AvgIpc) is 2.98. The van der Waals surface area contributed by atoms with Crippen LogP contribution in [-0.4, -0.2) is 53.2 Å². The third-order valence-electron chi connectivity index (χ3n) is 5.00. The molecule has 0 bridgehead atoms. The van der Waals surface area contributed by atoms with Gasteiger partial charge in [-0.1, -0.05) is 35.3 Å². The molecule has 0 radical (unpaired) electrons. The van der Waals surface area contributed by atoms with Gasteiger partial charge in [-0.25, -0.2) is 0 Å². The first-order valence-electron chi connectivity index (χ1n) is 9.88. The second kappa shape index (κ2) is 9.81. The number of likely N-dealkylation sites (tertiary alicyclic amines) is 1. The molecule has 32 heavy (non-hydrogen) atoms. The van der Waals surface area contributed by atoms with Crippen LogP contribution in [0.4, 0.5) is 0 Å². The maximum absolute atomic E-state index is 13.0. The van der Waals surface area contributed by atoms with E-state index in [0.717, 1.165) is 0 Å². The minimum absolute atomic E-state index is 0.0251. The van der Waals surface area contributed by atoms with Gasteiger partial charge in [0.1, 0.15) is 17.3 Å². The van der Waals surface area contributed by atoms with Gasteiger partial charge < -0.3 is 24.6 Å². The number of carbonyl (C=O) groups is 2. The van der Waals surface area contributed by atoms with Crippen molar-refractivity contribution in [3.05, 3.63) is 63.1 Å². The van der Waals surface area contributed by atoms with Crippen LogP contribution in [0.1, 0.15) is 31.0 Å². The molecule has 1 amide bonds. The molecule has 1 unspecified atom stereocenters. The summed E-state index contributed by atoms with van der Waals surface area (Å²) >= 11 is 12.3. The van der Waals surface area contributed by atoms with Crippen molar-refractivity contribution in [3.63, 3.8) is 0 Å². The van der Waals surface area contributed by atoms with E-state index in [2.05, 4.69) is 0 Å². The first-order valence-corrected chi connectivity index (χ1v) is 10.6. The Bertz CT molecular complexity index is 1060. The molecule has 170 valence electrons. The fourth-order valence-corrected chi connectivity index (χ4v) is 4.16. The summed E-state index contributed by atoms with van der Waals surface area (Å²) in [7, 11) is 1.37. The topological polar surface area (TPSA) is 96.3 Å². The summed E-state index contributed by atoms with van der Waals surface area (Å²) in [6, 6.07) is 7.99. The molecule has 1 heterocycles. The Morgan fingerprint density at radius 1 is 1.16 bits per heavy atom. The molecule has 3 rings (SSSR count). The second-order valence-electron chi connectivity index (χ2n) is 7.47. The van der Waals surface area contributed by atoms with Gasteiger partial charge in [0.05, 0.1) is 42.0 Å². The Hall–Kier alpha value is -2.74. The highest BCUT2D eigenvalue weighted by atomic mass is 35.5. The lowest BCUT2D eigenvalue weighted by Crippen LogP contribution is -2.33. The molecular weight excluding hydrogens is 457 g/mol. The molecule has 1 fully saturated rings. The van der Waals surface area contributed by atoms with Crippen molar-refractivity contribution in [3.8, 4) is 11.5 Å². The Labute approximate surface area is 195 Å². The van der Waals surface area contributed by atoms with Gasteiger partial charge in [-0.2, -0.15) is 0 Å². The first kappa shape index (κ1) is 23.9. The first-order chi connectivity index (χ1) is 15.1. The van der Waals surface area contributed by atoms with Crippen LogP contribution in [0.2, 0.25) is 10.0 Å². The van der Waals surface area contributed by atoms with Gasteiger partial charge in [0.25, 0.3) is 11.7 Å². The summed E-state index contributed by atoms with van der Waals surface area (Å²) in [5.74, 6) is -1.95. The third kappa shape index (κ3) is 4.70. The maximum atomic E-state index is 13.0.